The Bertz CT molecular complexity index is 593. The lowest BCUT2D eigenvalue weighted by Gasteiger charge is -2.10. The summed E-state index contributed by atoms with van der Waals surface area (Å²) in [4.78, 5) is 11.7. The summed E-state index contributed by atoms with van der Waals surface area (Å²) in [7, 11) is 3.18. The molecule has 4 heteroatoms. The number of benzene rings is 2. The number of hydrogen-bond acceptors (Lipinski definition) is 4. The fourth-order valence-corrected chi connectivity index (χ4v) is 1.97. The minimum Gasteiger partial charge on any atom is -0.508 e. The molecule has 0 saturated carbocycles. The zero-order chi connectivity index (χ0) is 13.1. The Morgan fingerprint density at radius 3 is 2.72 bits per heavy atom. The molecule has 0 aliphatic carbocycles. The summed E-state index contributed by atoms with van der Waals surface area (Å²) in [6.07, 6.45) is 0. The molecule has 0 heterocycles. The van der Waals surface area contributed by atoms with Crippen molar-refractivity contribution in [3.8, 4) is 5.75 Å². The first-order valence-electron chi connectivity index (χ1n) is 5.64. The molecule has 0 amide bonds. The van der Waals surface area contributed by atoms with Gasteiger partial charge in [-0.2, -0.15) is 0 Å². The van der Waals surface area contributed by atoms with Gasteiger partial charge in [-0.3, -0.25) is 0 Å². The monoisotopic (exact) mass is 245 g/mol. The topological polar surface area (TPSA) is 58.6 Å². The van der Waals surface area contributed by atoms with Gasteiger partial charge in [0.15, 0.2) is 0 Å². The molecule has 0 unspecified atom stereocenters. The SMILES string of the molecule is CNCc1cc2ccc(O)cc2cc1C(=O)OC. The van der Waals surface area contributed by atoms with Crippen LogP contribution in [0.4, 0.5) is 0 Å². The zero-order valence-corrected chi connectivity index (χ0v) is 10.4. The van der Waals surface area contributed by atoms with Gasteiger partial charge in [-0.15, -0.1) is 0 Å². The van der Waals surface area contributed by atoms with Crippen molar-refractivity contribution in [1.82, 2.24) is 5.32 Å². The van der Waals surface area contributed by atoms with Crippen LogP contribution in [-0.2, 0) is 11.3 Å². The normalized spacial score (nSPS) is 10.6. The second-order valence-electron chi connectivity index (χ2n) is 4.06. The van der Waals surface area contributed by atoms with Crippen molar-refractivity contribution in [1.29, 1.82) is 0 Å². The number of methoxy groups -OCH3 is 1. The number of ether oxygens (including phenoxy) is 1. The summed E-state index contributed by atoms with van der Waals surface area (Å²) in [6.45, 7) is 0.585. The molecule has 2 N–H and O–H groups in total. The Hall–Kier alpha value is -2.07. The Morgan fingerprint density at radius 1 is 1.28 bits per heavy atom. The van der Waals surface area contributed by atoms with Gasteiger partial charge in [0.2, 0.25) is 0 Å². The molecule has 0 saturated heterocycles. The van der Waals surface area contributed by atoms with Gasteiger partial charge in [-0.05, 0) is 47.6 Å². The lowest BCUT2D eigenvalue weighted by molar-refractivity contribution is 0.0599. The fourth-order valence-electron chi connectivity index (χ4n) is 1.97. The Labute approximate surface area is 105 Å². The molecule has 94 valence electrons. The molecule has 0 atom stereocenters. The van der Waals surface area contributed by atoms with Crippen molar-refractivity contribution in [2.24, 2.45) is 0 Å². The standard InChI is InChI=1S/C14H15NO3/c1-15-8-11-5-9-3-4-12(16)6-10(9)7-13(11)14(17)18-2/h3-7,15-16H,8H2,1-2H3. The first kappa shape index (κ1) is 12.4. The summed E-state index contributed by atoms with van der Waals surface area (Å²) in [5, 5.41) is 14.3. The van der Waals surface area contributed by atoms with Crippen molar-refractivity contribution in [2.45, 2.75) is 6.54 Å². The lowest BCUT2D eigenvalue weighted by atomic mass is 10.0. The van der Waals surface area contributed by atoms with E-state index < -0.39 is 0 Å². The van der Waals surface area contributed by atoms with Gasteiger partial charge in [0, 0.05) is 6.54 Å². The number of esters is 1. The molecule has 2 aromatic rings. The van der Waals surface area contributed by atoms with E-state index in [-0.39, 0.29) is 11.7 Å². The van der Waals surface area contributed by atoms with E-state index in [0.717, 1.165) is 16.3 Å². The summed E-state index contributed by atoms with van der Waals surface area (Å²) >= 11 is 0. The lowest BCUT2D eigenvalue weighted by Crippen LogP contribution is -2.12. The van der Waals surface area contributed by atoms with Gasteiger partial charge < -0.3 is 15.2 Å². The van der Waals surface area contributed by atoms with Crippen molar-refractivity contribution in [3.05, 3.63) is 41.5 Å². The van der Waals surface area contributed by atoms with Crippen LogP contribution in [0.3, 0.4) is 0 Å². The molecule has 2 rings (SSSR count). The van der Waals surface area contributed by atoms with Crippen LogP contribution in [-0.4, -0.2) is 25.2 Å². The molecular weight excluding hydrogens is 230 g/mol. The highest BCUT2D eigenvalue weighted by molar-refractivity contribution is 5.97. The van der Waals surface area contributed by atoms with E-state index in [0.29, 0.717) is 12.1 Å². The summed E-state index contributed by atoms with van der Waals surface area (Å²) < 4.78 is 4.77. The number of fused-ring (bicyclic) bond motifs is 1. The van der Waals surface area contributed by atoms with E-state index in [1.807, 2.05) is 19.2 Å². The summed E-state index contributed by atoms with van der Waals surface area (Å²) in [5.41, 5.74) is 1.40. The molecule has 2 aromatic carbocycles. The maximum absolute atomic E-state index is 11.7. The number of carbonyl (C=O) groups excluding carboxylic acids is 1. The largest absolute Gasteiger partial charge is 0.508 e. The molecule has 0 aliphatic heterocycles. The Kier molecular flexibility index (Phi) is 3.48. The number of phenols is 1. The van der Waals surface area contributed by atoms with Gasteiger partial charge >= 0.3 is 5.97 Å². The van der Waals surface area contributed by atoms with E-state index in [1.165, 1.54) is 7.11 Å². The predicted octanol–water partition coefficient (Wildman–Crippen LogP) is 2.05. The van der Waals surface area contributed by atoms with Crippen LogP contribution in [0.2, 0.25) is 0 Å². The quantitative estimate of drug-likeness (QED) is 0.812. The van der Waals surface area contributed by atoms with Crippen LogP contribution >= 0.6 is 0 Å². The highest BCUT2D eigenvalue weighted by Gasteiger charge is 2.12. The van der Waals surface area contributed by atoms with E-state index in [4.69, 9.17) is 4.74 Å². The third-order valence-corrected chi connectivity index (χ3v) is 2.82. The third-order valence-electron chi connectivity index (χ3n) is 2.82. The smallest absolute Gasteiger partial charge is 0.338 e. The maximum atomic E-state index is 11.7. The van der Waals surface area contributed by atoms with Crippen molar-refractivity contribution in [2.75, 3.05) is 14.2 Å². The van der Waals surface area contributed by atoms with Gasteiger partial charge in [0.25, 0.3) is 0 Å². The first-order valence-corrected chi connectivity index (χ1v) is 5.64. The van der Waals surface area contributed by atoms with E-state index in [2.05, 4.69) is 5.32 Å². The van der Waals surface area contributed by atoms with E-state index in [1.54, 1.807) is 18.2 Å². The average Bonchev–Trinajstić information content (AvgIpc) is 2.37. The van der Waals surface area contributed by atoms with Crippen LogP contribution in [0.1, 0.15) is 15.9 Å². The molecule has 18 heavy (non-hydrogen) atoms. The average molecular weight is 245 g/mol. The number of phenolic OH excluding ortho intramolecular Hbond substituents is 1. The highest BCUT2D eigenvalue weighted by Crippen LogP contribution is 2.24. The fraction of sp³-hybridized carbons (Fsp3) is 0.214. The Morgan fingerprint density at radius 2 is 2.06 bits per heavy atom. The molecule has 0 bridgehead atoms. The molecular formula is C14H15NO3. The molecule has 0 fully saturated rings. The maximum Gasteiger partial charge on any atom is 0.338 e. The van der Waals surface area contributed by atoms with Crippen LogP contribution in [0.25, 0.3) is 10.8 Å². The van der Waals surface area contributed by atoms with Crippen molar-refractivity contribution < 1.29 is 14.6 Å². The van der Waals surface area contributed by atoms with E-state index in [9.17, 15) is 9.90 Å². The minimum absolute atomic E-state index is 0.180. The molecule has 4 nitrogen and oxygen atoms in total. The van der Waals surface area contributed by atoms with Gasteiger partial charge in [-0.1, -0.05) is 6.07 Å². The predicted molar refractivity (Wildman–Crippen MR) is 69.7 cm³/mol. The van der Waals surface area contributed by atoms with Crippen molar-refractivity contribution >= 4 is 16.7 Å². The zero-order valence-electron chi connectivity index (χ0n) is 10.4. The molecule has 0 aliphatic rings. The highest BCUT2D eigenvalue weighted by atomic mass is 16.5. The summed E-state index contributed by atoms with van der Waals surface area (Å²) in [6, 6.07) is 8.75. The number of hydrogen-bond donors (Lipinski definition) is 2. The van der Waals surface area contributed by atoms with Crippen LogP contribution in [0.15, 0.2) is 30.3 Å². The second-order valence-corrected chi connectivity index (χ2v) is 4.06. The number of aromatic hydroxyl groups is 1. The van der Waals surface area contributed by atoms with Crippen LogP contribution in [0.5, 0.6) is 5.75 Å². The van der Waals surface area contributed by atoms with Crippen LogP contribution < -0.4 is 5.32 Å². The second kappa shape index (κ2) is 5.06. The van der Waals surface area contributed by atoms with E-state index >= 15 is 0 Å². The Balaban J connectivity index is 2.64. The molecule has 0 spiro atoms. The first-order chi connectivity index (χ1) is 8.65. The number of nitrogens with one attached hydrogen (secondary N) is 1. The number of carbonyl (C=O) groups is 1. The molecule has 0 radical (unpaired) electrons. The van der Waals surface area contributed by atoms with Crippen molar-refractivity contribution in [3.63, 3.8) is 0 Å². The third kappa shape index (κ3) is 2.28. The van der Waals surface area contributed by atoms with Gasteiger partial charge in [0.1, 0.15) is 5.75 Å². The van der Waals surface area contributed by atoms with Gasteiger partial charge in [-0.25, -0.2) is 4.79 Å². The summed E-state index contributed by atoms with van der Waals surface area (Å²) in [5.74, 6) is -0.190. The van der Waals surface area contributed by atoms with Gasteiger partial charge in [0.05, 0.1) is 12.7 Å². The minimum atomic E-state index is -0.370. The molecule has 0 aromatic heterocycles. The number of rotatable bonds is 3. The van der Waals surface area contributed by atoms with Crippen LogP contribution in [0, 0.1) is 0 Å².